The molecule has 0 bridgehead atoms. The van der Waals surface area contributed by atoms with E-state index in [9.17, 15) is 9.18 Å². The average Bonchev–Trinajstić information content (AvgIpc) is 3.22. The number of nitrogens with one attached hydrogen (secondary N) is 1. The Morgan fingerprint density at radius 1 is 1.06 bits per heavy atom. The lowest BCUT2D eigenvalue weighted by atomic mass is 9.95. The van der Waals surface area contributed by atoms with Crippen LogP contribution >= 0.6 is 15.9 Å². The van der Waals surface area contributed by atoms with Gasteiger partial charge in [-0.3, -0.25) is 4.40 Å². The summed E-state index contributed by atoms with van der Waals surface area (Å²) in [6.07, 6.45) is 7.97. The molecule has 0 spiro atoms. The van der Waals surface area contributed by atoms with E-state index in [0.717, 1.165) is 40.0 Å². The number of benzene rings is 2. The van der Waals surface area contributed by atoms with Crippen molar-refractivity contribution < 1.29 is 18.7 Å². The Hall–Kier alpha value is -3.39. The monoisotopic (exact) mass is 537 g/mol. The van der Waals surface area contributed by atoms with E-state index in [1.165, 1.54) is 50.6 Å². The van der Waals surface area contributed by atoms with Crippen molar-refractivity contribution in [2.75, 3.05) is 12.4 Å². The summed E-state index contributed by atoms with van der Waals surface area (Å²) >= 11 is 3.57. The van der Waals surface area contributed by atoms with Crippen molar-refractivity contribution in [1.82, 2.24) is 9.38 Å². The third-order valence-electron chi connectivity index (χ3n) is 6.25. The van der Waals surface area contributed by atoms with Crippen LogP contribution in [0.5, 0.6) is 11.5 Å². The number of nitrogens with zero attached hydrogens (tertiary/aromatic N) is 2. The molecule has 0 amide bonds. The molecular weight excluding hydrogens is 513 g/mol. The second-order valence-electron chi connectivity index (χ2n) is 8.63. The van der Waals surface area contributed by atoms with Gasteiger partial charge in [-0.2, -0.15) is 0 Å². The Labute approximate surface area is 211 Å². The first kappa shape index (κ1) is 23.4. The molecule has 0 atom stereocenters. The van der Waals surface area contributed by atoms with Crippen LogP contribution < -0.4 is 14.8 Å². The van der Waals surface area contributed by atoms with Crippen molar-refractivity contribution >= 4 is 33.4 Å². The Kier molecular flexibility index (Phi) is 6.72. The lowest BCUT2D eigenvalue weighted by molar-refractivity contribution is 0.0729. The molecule has 2 aromatic heterocycles. The van der Waals surface area contributed by atoms with Crippen LogP contribution in [-0.4, -0.2) is 28.5 Å². The van der Waals surface area contributed by atoms with Crippen LogP contribution in [0, 0.1) is 5.82 Å². The highest BCUT2D eigenvalue weighted by molar-refractivity contribution is 9.10. The van der Waals surface area contributed by atoms with Gasteiger partial charge in [0.1, 0.15) is 23.0 Å². The van der Waals surface area contributed by atoms with Crippen molar-refractivity contribution in [2.45, 2.75) is 38.1 Å². The van der Waals surface area contributed by atoms with Gasteiger partial charge in [0.15, 0.2) is 11.5 Å². The number of anilines is 1. The summed E-state index contributed by atoms with van der Waals surface area (Å²) in [4.78, 5) is 17.4. The number of hydrogen-bond donors (Lipinski definition) is 1. The highest BCUT2D eigenvalue weighted by Crippen LogP contribution is 2.37. The molecule has 1 N–H and O–H groups in total. The first-order valence-electron chi connectivity index (χ1n) is 11.6. The van der Waals surface area contributed by atoms with Gasteiger partial charge in [0.05, 0.1) is 12.7 Å². The van der Waals surface area contributed by atoms with E-state index < -0.39 is 11.8 Å². The second-order valence-corrected chi connectivity index (χ2v) is 9.54. The number of hydrogen-bond acceptors (Lipinski definition) is 5. The van der Waals surface area contributed by atoms with E-state index in [0.29, 0.717) is 11.8 Å². The maximum atomic E-state index is 13.2. The normalized spacial score (nSPS) is 14.1. The molecule has 0 unspecified atom stereocenters. The number of aromatic nitrogens is 2. The number of imidazole rings is 1. The maximum Gasteiger partial charge on any atom is 0.343 e. The topological polar surface area (TPSA) is 64.9 Å². The molecule has 4 aromatic rings. The van der Waals surface area contributed by atoms with E-state index in [1.54, 1.807) is 6.07 Å². The number of carbonyl (C=O) groups is 1. The van der Waals surface area contributed by atoms with Crippen LogP contribution in [0.3, 0.4) is 0 Å². The summed E-state index contributed by atoms with van der Waals surface area (Å²) in [7, 11) is 1.52. The smallest absolute Gasteiger partial charge is 0.343 e. The maximum absolute atomic E-state index is 13.2. The van der Waals surface area contributed by atoms with E-state index in [2.05, 4.69) is 25.6 Å². The van der Waals surface area contributed by atoms with Gasteiger partial charge < -0.3 is 14.8 Å². The lowest BCUT2D eigenvalue weighted by Gasteiger charge is -2.24. The van der Waals surface area contributed by atoms with Gasteiger partial charge >= 0.3 is 5.97 Å². The minimum atomic E-state index is -0.590. The van der Waals surface area contributed by atoms with E-state index in [4.69, 9.17) is 14.5 Å². The lowest BCUT2D eigenvalue weighted by Crippen LogP contribution is -2.23. The van der Waals surface area contributed by atoms with Gasteiger partial charge in [-0.1, -0.05) is 19.3 Å². The summed E-state index contributed by atoms with van der Waals surface area (Å²) in [6.45, 7) is 0. The Balaban J connectivity index is 1.49. The highest BCUT2D eigenvalue weighted by atomic mass is 79.9. The van der Waals surface area contributed by atoms with Crippen LogP contribution in [0.4, 0.5) is 10.2 Å². The molecule has 180 valence electrons. The van der Waals surface area contributed by atoms with Gasteiger partial charge in [0.25, 0.3) is 0 Å². The average molecular weight is 538 g/mol. The molecule has 0 aliphatic heterocycles. The quantitative estimate of drug-likeness (QED) is 0.214. The molecule has 1 aliphatic rings. The van der Waals surface area contributed by atoms with Gasteiger partial charge in [0.2, 0.25) is 0 Å². The van der Waals surface area contributed by atoms with Crippen molar-refractivity contribution in [3.05, 3.63) is 76.6 Å². The standard InChI is InChI=1S/C27H25BrFN3O3/c1-34-23-15-18(9-13-22(23)35-27(33)17-7-11-20(29)12-8-17)25-26(30-21-5-3-2-4-6-21)32-16-19(28)10-14-24(32)31-25/h7-16,21,30H,2-6H2,1H3. The number of carbonyl (C=O) groups excluding carboxylic acids is 1. The fourth-order valence-corrected chi connectivity index (χ4v) is 4.78. The zero-order valence-electron chi connectivity index (χ0n) is 19.3. The SMILES string of the molecule is COc1cc(-c2nc3ccc(Br)cn3c2NC2CCCCC2)ccc1OC(=O)c1ccc(F)cc1. The molecule has 8 heteroatoms. The van der Waals surface area contributed by atoms with Gasteiger partial charge in [-0.15, -0.1) is 0 Å². The third kappa shape index (κ3) is 5.03. The molecule has 0 radical (unpaired) electrons. The van der Waals surface area contributed by atoms with Crippen molar-refractivity contribution in [2.24, 2.45) is 0 Å². The zero-order chi connectivity index (χ0) is 24.4. The van der Waals surface area contributed by atoms with Gasteiger partial charge in [-0.25, -0.2) is 14.2 Å². The first-order valence-corrected chi connectivity index (χ1v) is 12.4. The van der Waals surface area contributed by atoms with E-state index >= 15 is 0 Å². The highest BCUT2D eigenvalue weighted by Gasteiger charge is 2.21. The molecule has 2 aromatic carbocycles. The minimum absolute atomic E-state index is 0.252. The predicted octanol–water partition coefficient (Wildman–Crippen LogP) is 6.88. The predicted molar refractivity (Wildman–Crippen MR) is 137 cm³/mol. The second kappa shape index (κ2) is 10.1. The van der Waals surface area contributed by atoms with Crippen molar-refractivity contribution in [3.63, 3.8) is 0 Å². The number of halogens is 2. The van der Waals surface area contributed by atoms with Crippen LogP contribution in [-0.2, 0) is 0 Å². The summed E-state index contributed by atoms with van der Waals surface area (Å²) in [5, 5.41) is 3.73. The Bertz CT molecular complexity index is 1360. The number of methoxy groups -OCH3 is 1. The molecule has 35 heavy (non-hydrogen) atoms. The van der Waals surface area contributed by atoms with Crippen LogP contribution in [0.2, 0.25) is 0 Å². The molecular formula is C27H25BrFN3O3. The molecule has 6 nitrogen and oxygen atoms in total. The van der Waals surface area contributed by atoms with Crippen LogP contribution in [0.15, 0.2) is 65.3 Å². The van der Waals surface area contributed by atoms with E-state index in [1.807, 2.05) is 30.5 Å². The van der Waals surface area contributed by atoms with Crippen molar-refractivity contribution in [3.8, 4) is 22.8 Å². The van der Waals surface area contributed by atoms with Gasteiger partial charge in [0, 0.05) is 22.3 Å². The fraction of sp³-hybridized carbons (Fsp3) is 0.259. The number of rotatable bonds is 6. The summed E-state index contributed by atoms with van der Waals surface area (Å²) in [5.74, 6) is 0.596. The number of fused-ring (bicyclic) bond motifs is 1. The Morgan fingerprint density at radius 3 is 2.57 bits per heavy atom. The van der Waals surface area contributed by atoms with Crippen LogP contribution in [0.25, 0.3) is 16.9 Å². The first-order chi connectivity index (χ1) is 17.0. The largest absolute Gasteiger partial charge is 0.493 e. The zero-order valence-corrected chi connectivity index (χ0v) is 20.8. The third-order valence-corrected chi connectivity index (χ3v) is 6.72. The molecule has 0 saturated heterocycles. The Morgan fingerprint density at radius 2 is 1.83 bits per heavy atom. The summed E-state index contributed by atoms with van der Waals surface area (Å²) in [6, 6.07) is 14.9. The summed E-state index contributed by atoms with van der Waals surface area (Å²) < 4.78 is 27.3. The number of ether oxygens (including phenoxy) is 2. The van der Waals surface area contributed by atoms with Crippen molar-refractivity contribution in [1.29, 1.82) is 0 Å². The molecule has 1 aliphatic carbocycles. The minimum Gasteiger partial charge on any atom is -0.493 e. The fourth-order valence-electron chi connectivity index (χ4n) is 4.44. The molecule has 1 saturated carbocycles. The van der Waals surface area contributed by atoms with Crippen LogP contribution in [0.1, 0.15) is 42.5 Å². The molecule has 5 rings (SSSR count). The van der Waals surface area contributed by atoms with Gasteiger partial charge in [-0.05, 0) is 83.4 Å². The molecule has 2 heterocycles. The molecule has 1 fully saturated rings. The number of pyridine rings is 1. The summed E-state index contributed by atoms with van der Waals surface area (Å²) in [5.41, 5.74) is 2.71. The number of esters is 1. The van der Waals surface area contributed by atoms with E-state index in [-0.39, 0.29) is 11.3 Å².